The molecule has 3 nitrogen and oxygen atoms in total. The first kappa shape index (κ1) is 28.9. The monoisotopic (exact) mass is 404 g/mol. The van der Waals surface area contributed by atoms with Gasteiger partial charge >= 0.3 is 0 Å². The van der Waals surface area contributed by atoms with Crippen molar-refractivity contribution in [3.63, 3.8) is 0 Å². The van der Waals surface area contributed by atoms with Gasteiger partial charge in [0.25, 0.3) is 0 Å². The van der Waals surface area contributed by atoms with Crippen LogP contribution in [0.3, 0.4) is 0 Å². The van der Waals surface area contributed by atoms with Crippen LogP contribution in [0.5, 0.6) is 0 Å². The third-order valence-electron chi connectivity index (χ3n) is 5.38. The minimum atomic E-state index is 0. The van der Waals surface area contributed by atoms with Crippen molar-refractivity contribution in [1.29, 1.82) is 0 Å². The van der Waals surface area contributed by atoms with Gasteiger partial charge in [0, 0.05) is 13.0 Å². The maximum absolute atomic E-state index is 11.8. The fraction of sp³-hybridized carbons (Fsp3) is 0.957. The third-order valence-corrected chi connectivity index (χ3v) is 5.38. The molecule has 0 rings (SSSR count). The van der Waals surface area contributed by atoms with Gasteiger partial charge in [-0.15, -0.1) is 12.4 Å². The second-order valence-corrected chi connectivity index (χ2v) is 7.72. The number of rotatable bonds is 20. The third kappa shape index (κ3) is 21.9. The van der Waals surface area contributed by atoms with Crippen molar-refractivity contribution in [2.75, 3.05) is 26.2 Å². The van der Waals surface area contributed by atoms with Gasteiger partial charge in [0.05, 0.1) is 0 Å². The Bertz CT molecular complexity index is 296. The molecule has 0 aromatic carbocycles. The van der Waals surface area contributed by atoms with Gasteiger partial charge < -0.3 is 10.2 Å². The van der Waals surface area contributed by atoms with Gasteiger partial charge in [-0.1, -0.05) is 97.8 Å². The van der Waals surface area contributed by atoms with E-state index in [4.69, 9.17) is 0 Å². The fourth-order valence-corrected chi connectivity index (χ4v) is 3.46. The first-order chi connectivity index (χ1) is 12.7. The van der Waals surface area contributed by atoms with Crippen LogP contribution >= 0.6 is 12.4 Å². The smallest absolute Gasteiger partial charge is 0.219 e. The molecule has 27 heavy (non-hydrogen) atoms. The first-order valence-corrected chi connectivity index (χ1v) is 11.7. The second-order valence-electron chi connectivity index (χ2n) is 7.72. The Balaban J connectivity index is 0. The molecule has 0 radical (unpaired) electrons. The molecule has 1 amide bonds. The molecule has 0 bridgehead atoms. The van der Waals surface area contributed by atoms with Gasteiger partial charge in [0.15, 0.2) is 0 Å². The Hall–Kier alpha value is -0.280. The van der Waals surface area contributed by atoms with Crippen LogP contribution in [-0.4, -0.2) is 37.0 Å². The van der Waals surface area contributed by atoms with E-state index in [0.717, 1.165) is 39.0 Å². The van der Waals surface area contributed by atoms with Crippen molar-refractivity contribution < 1.29 is 4.79 Å². The van der Waals surface area contributed by atoms with Gasteiger partial charge in [-0.3, -0.25) is 4.79 Å². The van der Waals surface area contributed by atoms with Crippen LogP contribution in [0, 0.1) is 0 Å². The molecule has 164 valence electrons. The predicted octanol–water partition coefficient (Wildman–Crippen LogP) is 6.74. The molecule has 0 aromatic heterocycles. The van der Waals surface area contributed by atoms with Crippen LogP contribution in [0.15, 0.2) is 0 Å². The van der Waals surface area contributed by atoms with E-state index in [2.05, 4.69) is 31.0 Å². The van der Waals surface area contributed by atoms with E-state index < -0.39 is 0 Å². The summed E-state index contributed by atoms with van der Waals surface area (Å²) >= 11 is 0. The maximum atomic E-state index is 11.8. The van der Waals surface area contributed by atoms with E-state index in [1.165, 1.54) is 77.0 Å². The minimum absolute atomic E-state index is 0. The summed E-state index contributed by atoms with van der Waals surface area (Å²) in [5.41, 5.74) is 0. The lowest BCUT2D eigenvalue weighted by Crippen LogP contribution is -2.29. The lowest BCUT2D eigenvalue weighted by Gasteiger charge is -2.17. The zero-order chi connectivity index (χ0) is 19.3. The molecular formula is C23H49ClN2O. The van der Waals surface area contributed by atoms with Crippen molar-refractivity contribution in [3.8, 4) is 0 Å². The molecule has 1 N–H and O–H groups in total. The van der Waals surface area contributed by atoms with Crippen molar-refractivity contribution in [1.82, 2.24) is 10.2 Å². The Morgan fingerprint density at radius 2 is 1.11 bits per heavy atom. The number of carbonyl (C=O) groups excluding carboxylic acids is 1. The molecule has 0 heterocycles. The molecular weight excluding hydrogens is 356 g/mol. The molecule has 4 heteroatoms. The van der Waals surface area contributed by atoms with Crippen LogP contribution in [0.4, 0.5) is 0 Å². The highest BCUT2D eigenvalue weighted by Gasteiger charge is 2.02. The van der Waals surface area contributed by atoms with Crippen LogP contribution in [0.1, 0.15) is 117 Å². The van der Waals surface area contributed by atoms with Gasteiger partial charge in [-0.2, -0.15) is 0 Å². The number of carbonyl (C=O) groups is 1. The zero-order valence-electron chi connectivity index (χ0n) is 18.7. The number of unbranched alkanes of at least 4 members (excludes halogenated alkanes) is 12. The average molecular weight is 405 g/mol. The molecule has 0 spiro atoms. The van der Waals surface area contributed by atoms with Gasteiger partial charge in [-0.25, -0.2) is 0 Å². The Labute approximate surface area is 176 Å². The summed E-state index contributed by atoms with van der Waals surface area (Å²) in [7, 11) is 0. The average Bonchev–Trinajstić information content (AvgIpc) is 2.65. The number of nitrogens with zero attached hydrogens (tertiary/aromatic N) is 1. The molecule has 0 saturated heterocycles. The summed E-state index contributed by atoms with van der Waals surface area (Å²) in [5, 5.41) is 3.06. The number of hydrogen-bond donors (Lipinski definition) is 1. The standard InChI is InChI=1S/C23H48N2O.ClH/c1-4-7-8-9-10-11-12-13-14-15-16-17-18-20-23(26)24-21-19-22-25(5-2)6-3;/h4-22H2,1-3H3,(H,24,26);1H. The van der Waals surface area contributed by atoms with Gasteiger partial charge in [-0.05, 0) is 32.5 Å². The van der Waals surface area contributed by atoms with E-state index in [9.17, 15) is 4.79 Å². The van der Waals surface area contributed by atoms with E-state index in [-0.39, 0.29) is 18.3 Å². The van der Waals surface area contributed by atoms with Crippen molar-refractivity contribution in [2.45, 2.75) is 117 Å². The number of halogens is 1. The summed E-state index contributed by atoms with van der Waals surface area (Å²) < 4.78 is 0. The molecule has 0 atom stereocenters. The lowest BCUT2D eigenvalue weighted by molar-refractivity contribution is -0.121. The minimum Gasteiger partial charge on any atom is -0.356 e. The normalized spacial score (nSPS) is 10.8. The SMILES string of the molecule is CCCCCCCCCCCCCCCC(=O)NCCCN(CC)CC.Cl. The summed E-state index contributed by atoms with van der Waals surface area (Å²) in [6.07, 6.45) is 19.4. The van der Waals surface area contributed by atoms with Crippen molar-refractivity contribution >= 4 is 18.3 Å². The van der Waals surface area contributed by atoms with Crippen LogP contribution in [0.25, 0.3) is 0 Å². The van der Waals surface area contributed by atoms with E-state index in [1.807, 2.05) is 0 Å². The highest BCUT2D eigenvalue weighted by Crippen LogP contribution is 2.12. The zero-order valence-corrected chi connectivity index (χ0v) is 19.5. The topological polar surface area (TPSA) is 32.3 Å². The fourth-order valence-electron chi connectivity index (χ4n) is 3.46. The Morgan fingerprint density at radius 1 is 0.667 bits per heavy atom. The molecule has 0 fully saturated rings. The highest BCUT2D eigenvalue weighted by atomic mass is 35.5. The molecule has 0 unspecified atom stereocenters. The van der Waals surface area contributed by atoms with Gasteiger partial charge in [0.1, 0.15) is 0 Å². The Morgan fingerprint density at radius 3 is 1.56 bits per heavy atom. The van der Waals surface area contributed by atoms with E-state index >= 15 is 0 Å². The first-order valence-electron chi connectivity index (χ1n) is 11.7. The summed E-state index contributed by atoms with van der Waals surface area (Å²) in [5.74, 6) is 0.243. The van der Waals surface area contributed by atoms with E-state index in [0.29, 0.717) is 6.42 Å². The number of nitrogens with one attached hydrogen (secondary N) is 1. The number of amides is 1. The molecule has 0 aliphatic carbocycles. The van der Waals surface area contributed by atoms with Crippen molar-refractivity contribution in [3.05, 3.63) is 0 Å². The summed E-state index contributed by atoms with van der Waals surface area (Å²) in [6, 6.07) is 0. The maximum Gasteiger partial charge on any atom is 0.219 e. The van der Waals surface area contributed by atoms with Crippen LogP contribution in [-0.2, 0) is 4.79 Å². The highest BCUT2D eigenvalue weighted by molar-refractivity contribution is 5.85. The van der Waals surface area contributed by atoms with Crippen molar-refractivity contribution in [2.24, 2.45) is 0 Å². The van der Waals surface area contributed by atoms with E-state index in [1.54, 1.807) is 0 Å². The quantitative estimate of drug-likeness (QED) is 0.228. The lowest BCUT2D eigenvalue weighted by atomic mass is 10.0. The second kappa shape index (κ2) is 23.8. The Kier molecular flexibility index (Phi) is 25.5. The molecule has 0 aliphatic heterocycles. The molecule has 0 saturated carbocycles. The molecule has 0 aliphatic rings. The predicted molar refractivity (Wildman–Crippen MR) is 123 cm³/mol. The van der Waals surface area contributed by atoms with Crippen LogP contribution < -0.4 is 5.32 Å². The number of hydrogen-bond acceptors (Lipinski definition) is 2. The largest absolute Gasteiger partial charge is 0.356 e. The summed E-state index contributed by atoms with van der Waals surface area (Å²) in [4.78, 5) is 14.2. The summed E-state index contributed by atoms with van der Waals surface area (Å²) in [6.45, 7) is 10.8. The van der Waals surface area contributed by atoms with Gasteiger partial charge in [0.2, 0.25) is 5.91 Å². The molecule has 0 aromatic rings. The van der Waals surface area contributed by atoms with Crippen LogP contribution in [0.2, 0.25) is 0 Å².